The maximum Gasteiger partial charge on any atom is 0.146 e. The smallest absolute Gasteiger partial charge is 0.146 e. The molecule has 2 aliphatic rings. The largest absolute Gasteiger partial charge is 0.392 e. The highest BCUT2D eigenvalue weighted by molar-refractivity contribution is 6.30. The van der Waals surface area contributed by atoms with Crippen LogP contribution in [0.2, 0.25) is 5.02 Å². The summed E-state index contributed by atoms with van der Waals surface area (Å²) in [7, 11) is 0. The molecule has 0 amide bonds. The zero-order chi connectivity index (χ0) is 11.3. The number of fused-ring (bicyclic) bond motifs is 4. The average molecular weight is 237 g/mol. The molecule has 0 radical (unpaired) electrons. The van der Waals surface area contributed by atoms with E-state index in [4.69, 9.17) is 11.6 Å². The topological polar surface area (TPSA) is 37.3 Å². The summed E-state index contributed by atoms with van der Waals surface area (Å²) in [6.45, 7) is 0. The number of carbonyl (C=O) groups excluding carboxylic acids is 1. The van der Waals surface area contributed by atoms with Gasteiger partial charge in [-0.05, 0) is 42.5 Å². The zero-order valence-electron chi connectivity index (χ0n) is 8.82. The van der Waals surface area contributed by atoms with Gasteiger partial charge in [-0.15, -0.1) is 0 Å². The number of hydrogen-bond donors (Lipinski definition) is 1. The van der Waals surface area contributed by atoms with Crippen molar-refractivity contribution in [2.45, 2.75) is 31.3 Å². The van der Waals surface area contributed by atoms with Crippen molar-refractivity contribution in [2.24, 2.45) is 5.92 Å². The van der Waals surface area contributed by atoms with Gasteiger partial charge in [-0.25, -0.2) is 0 Å². The molecule has 1 aromatic rings. The maximum absolute atomic E-state index is 12.1. The molecule has 3 atom stereocenters. The SMILES string of the molecule is O=C1[C@H]2CC[C@H](O)[C@@H]1c1ccc(Cl)cc1C2. The molecule has 1 saturated carbocycles. The van der Waals surface area contributed by atoms with E-state index in [-0.39, 0.29) is 17.6 Å². The van der Waals surface area contributed by atoms with Crippen LogP contribution in [0.1, 0.15) is 29.9 Å². The van der Waals surface area contributed by atoms with E-state index in [1.54, 1.807) is 6.07 Å². The summed E-state index contributed by atoms with van der Waals surface area (Å²) in [5.74, 6) is 0.00713. The van der Waals surface area contributed by atoms with Gasteiger partial charge in [0.2, 0.25) is 0 Å². The predicted octanol–water partition coefficient (Wildman–Crippen LogP) is 2.32. The Morgan fingerprint density at radius 3 is 2.94 bits per heavy atom. The van der Waals surface area contributed by atoms with Crippen molar-refractivity contribution in [1.82, 2.24) is 0 Å². The molecule has 0 spiro atoms. The molecule has 16 heavy (non-hydrogen) atoms. The van der Waals surface area contributed by atoms with Crippen molar-refractivity contribution >= 4 is 17.4 Å². The Hall–Kier alpha value is -0.860. The van der Waals surface area contributed by atoms with E-state index in [9.17, 15) is 9.90 Å². The van der Waals surface area contributed by atoms with E-state index in [0.717, 1.165) is 30.4 Å². The summed E-state index contributed by atoms with van der Waals surface area (Å²) in [5.41, 5.74) is 2.12. The van der Waals surface area contributed by atoms with Gasteiger partial charge < -0.3 is 5.11 Å². The first kappa shape index (κ1) is 10.3. The molecule has 0 unspecified atom stereocenters. The van der Waals surface area contributed by atoms with Crippen LogP contribution in [0.4, 0.5) is 0 Å². The Labute approximate surface area is 99.2 Å². The highest BCUT2D eigenvalue weighted by Gasteiger charge is 2.42. The van der Waals surface area contributed by atoms with E-state index >= 15 is 0 Å². The summed E-state index contributed by atoms with van der Waals surface area (Å²) < 4.78 is 0. The number of rotatable bonds is 0. The lowest BCUT2D eigenvalue weighted by molar-refractivity contribution is -0.131. The van der Waals surface area contributed by atoms with E-state index < -0.39 is 6.10 Å². The normalized spacial score (nSPS) is 32.4. The molecular formula is C13H13ClO2. The number of benzene rings is 1. The lowest BCUT2D eigenvalue weighted by atomic mass is 9.67. The number of carbonyl (C=O) groups is 1. The molecule has 3 heteroatoms. The third kappa shape index (κ3) is 1.40. The molecule has 0 aromatic heterocycles. The summed E-state index contributed by atoms with van der Waals surface area (Å²) in [6.07, 6.45) is 1.83. The summed E-state index contributed by atoms with van der Waals surface area (Å²) >= 11 is 5.96. The second-order valence-corrected chi connectivity index (χ2v) is 5.21. The summed E-state index contributed by atoms with van der Waals surface area (Å²) in [5, 5.41) is 10.7. The van der Waals surface area contributed by atoms with Crippen molar-refractivity contribution in [3.63, 3.8) is 0 Å². The minimum Gasteiger partial charge on any atom is -0.392 e. The van der Waals surface area contributed by atoms with Crippen LogP contribution in [0, 0.1) is 5.92 Å². The van der Waals surface area contributed by atoms with E-state index in [1.165, 1.54) is 0 Å². The molecule has 1 fully saturated rings. The fourth-order valence-electron chi connectivity index (χ4n) is 3.01. The third-order valence-electron chi connectivity index (χ3n) is 3.81. The highest BCUT2D eigenvalue weighted by Crippen LogP contribution is 2.42. The number of ketones is 1. The average Bonchev–Trinajstić information content (AvgIpc) is 2.24. The van der Waals surface area contributed by atoms with Crippen LogP contribution >= 0.6 is 11.6 Å². The monoisotopic (exact) mass is 236 g/mol. The second-order valence-electron chi connectivity index (χ2n) is 4.77. The predicted molar refractivity (Wildman–Crippen MR) is 61.6 cm³/mol. The number of aliphatic hydroxyl groups is 1. The van der Waals surface area contributed by atoms with Gasteiger partial charge in [-0.3, -0.25) is 4.79 Å². The number of hydrogen-bond acceptors (Lipinski definition) is 2. The highest BCUT2D eigenvalue weighted by atomic mass is 35.5. The lowest BCUT2D eigenvalue weighted by Gasteiger charge is -2.38. The first-order valence-corrected chi connectivity index (χ1v) is 6.04. The van der Waals surface area contributed by atoms with Crippen molar-refractivity contribution in [3.05, 3.63) is 34.3 Å². The van der Waals surface area contributed by atoms with Crippen LogP contribution < -0.4 is 0 Å². The Morgan fingerprint density at radius 2 is 2.12 bits per heavy atom. The Bertz CT molecular complexity index is 455. The van der Waals surface area contributed by atoms with E-state index in [1.807, 2.05) is 12.1 Å². The van der Waals surface area contributed by atoms with Gasteiger partial charge in [0.1, 0.15) is 5.78 Å². The zero-order valence-corrected chi connectivity index (χ0v) is 9.57. The fraction of sp³-hybridized carbons (Fsp3) is 0.462. The lowest BCUT2D eigenvalue weighted by Crippen LogP contribution is -2.41. The van der Waals surface area contributed by atoms with Gasteiger partial charge in [0.15, 0.2) is 0 Å². The third-order valence-corrected chi connectivity index (χ3v) is 4.05. The van der Waals surface area contributed by atoms with Crippen LogP contribution in [0.5, 0.6) is 0 Å². The van der Waals surface area contributed by atoms with Gasteiger partial charge in [0, 0.05) is 10.9 Å². The van der Waals surface area contributed by atoms with Crippen LogP contribution in [-0.4, -0.2) is 17.0 Å². The molecule has 2 nitrogen and oxygen atoms in total. The molecular weight excluding hydrogens is 224 g/mol. The van der Waals surface area contributed by atoms with E-state index in [0.29, 0.717) is 5.02 Å². The Balaban J connectivity index is 2.14. The van der Waals surface area contributed by atoms with Gasteiger partial charge in [-0.1, -0.05) is 17.7 Å². The quantitative estimate of drug-likeness (QED) is 0.751. The Kier molecular flexibility index (Phi) is 2.30. The first-order valence-electron chi connectivity index (χ1n) is 5.67. The minimum absolute atomic E-state index is 0.0966. The van der Waals surface area contributed by atoms with Gasteiger partial charge in [-0.2, -0.15) is 0 Å². The molecule has 1 N–H and O–H groups in total. The van der Waals surface area contributed by atoms with Gasteiger partial charge >= 0.3 is 0 Å². The number of halogens is 1. The molecule has 0 heterocycles. The van der Waals surface area contributed by atoms with Crippen LogP contribution in [0.15, 0.2) is 18.2 Å². The summed E-state index contributed by atoms with van der Waals surface area (Å²) in [6, 6.07) is 5.63. The molecule has 2 bridgehead atoms. The first-order chi connectivity index (χ1) is 7.66. The molecule has 0 aliphatic heterocycles. The molecule has 2 aliphatic carbocycles. The van der Waals surface area contributed by atoms with Crippen molar-refractivity contribution in [2.75, 3.05) is 0 Å². The van der Waals surface area contributed by atoms with Crippen LogP contribution in [0.3, 0.4) is 0 Å². The van der Waals surface area contributed by atoms with Gasteiger partial charge in [0.25, 0.3) is 0 Å². The van der Waals surface area contributed by atoms with Crippen molar-refractivity contribution in [1.29, 1.82) is 0 Å². The number of Topliss-reactive ketones (excluding diaryl/α,β-unsaturated/α-hetero) is 1. The number of aliphatic hydroxyl groups excluding tert-OH is 1. The minimum atomic E-state index is -0.510. The van der Waals surface area contributed by atoms with Crippen LogP contribution in [0.25, 0.3) is 0 Å². The standard InChI is InChI=1S/C13H13ClO2/c14-9-2-3-10-8(6-9)5-7-1-4-11(15)12(10)13(7)16/h2-3,6-7,11-12,15H,1,4-5H2/t7-,11-,12-/m0/s1. The molecule has 84 valence electrons. The fourth-order valence-corrected chi connectivity index (χ4v) is 3.20. The van der Waals surface area contributed by atoms with Crippen LogP contribution in [-0.2, 0) is 11.2 Å². The van der Waals surface area contributed by atoms with Crippen molar-refractivity contribution < 1.29 is 9.90 Å². The van der Waals surface area contributed by atoms with Gasteiger partial charge in [0.05, 0.1) is 12.0 Å². The summed E-state index contributed by atoms with van der Waals surface area (Å²) in [4.78, 5) is 12.1. The maximum atomic E-state index is 12.1. The van der Waals surface area contributed by atoms with Crippen molar-refractivity contribution in [3.8, 4) is 0 Å². The molecule has 0 saturated heterocycles. The molecule has 1 aromatic carbocycles. The van der Waals surface area contributed by atoms with E-state index in [2.05, 4.69) is 0 Å². The Morgan fingerprint density at radius 1 is 1.31 bits per heavy atom. The second kappa shape index (κ2) is 3.57. The molecule has 3 rings (SSSR count).